The topological polar surface area (TPSA) is 87.5 Å². The number of anilines is 1. The molecule has 0 bridgehead atoms. The van der Waals surface area contributed by atoms with Crippen molar-refractivity contribution in [2.75, 3.05) is 19.0 Å². The molecule has 1 aliphatic rings. The summed E-state index contributed by atoms with van der Waals surface area (Å²) >= 11 is 6.23. The van der Waals surface area contributed by atoms with Gasteiger partial charge in [-0.2, -0.15) is 10.1 Å². The molecule has 1 N–H and O–H groups in total. The van der Waals surface area contributed by atoms with Gasteiger partial charge >= 0.3 is 5.97 Å². The number of aromatic nitrogens is 3. The summed E-state index contributed by atoms with van der Waals surface area (Å²) in [4.78, 5) is 17.0. The molecule has 1 atom stereocenters. The molecule has 32 heavy (non-hydrogen) atoms. The first-order chi connectivity index (χ1) is 15.5. The van der Waals surface area contributed by atoms with Crippen LogP contribution in [0, 0.1) is 0 Å². The van der Waals surface area contributed by atoms with Crippen LogP contribution in [0.25, 0.3) is 0 Å². The lowest BCUT2D eigenvalue weighted by atomic mass is 9.95. The van der Waals surface area contributed by atoms with Crippen LogP contribution < -0.4 is 14.8 Å². The highest BCUT2D eigenvalue weighted by Crippen LogP contribution is 2.39. The minimum Gasteiger partial charge on any atom is -0.493 e. The van der Waals surface area contributed by atoms with Crippen LogP contribution in [0.3, 0.4) is 0 Å². The number of carbonyl (C=O) groups is 1. The Kier molecular flexibility index (Phi) is 6.32. The van der Waals surface area contributed by atoms with E-state index in [0.29, 0.717) is 40.3 Å². The molecule has 4 rings (SSSR count). The molecular formula is C23H23ClN4O4. The molecule has 9 heteroatoms. The van der Waals surface area contributed by atoms with Gasteiger partial charge in [-0.15, -0.1) is 0 Å². The van der Waals surface area contributed by atoms with Crippen molar-refractivity contribution in [3.63, 3.8) is 0 Å². The summed E-state index contributed by atoms with van der Waals surface area (Å²) in [5, 5.41) is 8.07. The number of carbonyl (C=O) groups excluding carboxylic acids is 1. The SMILES string of the molecule is CCOC(=O)C1=C(C)Nc2ncnn2[C@@H]1c1ccc(OCc2ccccc2Cl)c(OC)c1. The van der Waals surface area contributed by atoms with Crippen molar-refractivity contribution in [2.45, 2.75) is 26.5 Å². The predicted octanol–water partition coefficient (Wildman–Crippen LogP) is 4.37. The zero-order chi connectivity index (χ0) is 22.7. The van der Waals surface area contributed by atoms with Crippen molar-refractivity contribution < 1.29 is 19.0 Å². The minimum absolute atomic E-state index is 0.269. The third-order valence-corrected chi connectivity index (χ3v) is 5.50. The maximum atomic E-state index is 12.8. The van der Waals surface area contributed by atoms with Gasteiger partial charge in [-0.1, -0.05) is 35.9 Å². The summed E-state index contributed by atoms with van der Waals surface area (Å²) in [5.41, 5.74) is 2.76. The number of hydrogen-bond acceptors (Lipinski definition) is 7. The molecule has 0 amide bonds. The highest BCUT2D eigenvalue weighted by Gasteiger charge is 2.34. The Labute approximate surface area is 190 Å². The highest BCUT2D eigenvalue weighted by atomic mass is 35.5. The van der Waals surface area contributed by atoms with E-state index in [1.54, 1.807) is 18.7 Å². The fourth-order valence-corrected chi connectivity index (χ4v) is 3.81. The number of nitrogens with zero attached hydrogens (tertiary/aromatic N) is 3. The van der Waals surface area contributed by atoms with Gasteiger partial charge in [0.05, 0.1) is 19.3 Å². The summed E-state index contributed by atoms with van der Waals surface area (Å²) in [6.45, 7) is 4.15. The van der Waals surface area contributed by atoms with Crippen LogP contribution in [0.4, 0.5) is 5.95 Å². The van der Waals surface area contributed by atoms with Crippen LogP contribution in [0.1, 0.15) is 31.0 Å². The monoisotopic (exact) mass is 454 g/mol. The molecule has 3 aromatic rings. The number of esters is 1. The number of ether oxygens (including phenoxy) is 3. The van der Waals surface area contributed by atoms with Crippen molar-refractivity contribution in [1.29, 1.82) is 0 Å². The second-order valence-corrected chi connectivity index (χ2v) is 7.51. The first kappa shape index (κ1) is 21.7. The van der Waals surface area contributed by atoms with Crippen molar-refractivity contribution in [1.82, 2.24) is 14.8 Å². The third-order valence-electron chi connectivity index (χ3n) is 5.13. The van der Waals surface area contributed by atoms with Gasteiger partial charge in [0.1, 0.15) is 19.0 Å². The van der Waals surface area contributed by atoms with Gasteiger partial charge in [0.15, 0.2) is 11.5 Å². The zero-order valence-corrected chi connectivity index (χ0v) is 18.7. The second kappa shape index (κ2) is 9.32. The van der Waals surface area contributed by atoms with E-state index in [2.05, 4.69) is 15.4 Å². The average Bonchev–Trinajstić information content (AvgIpc) is 3.25. The molecule has 0 aliphatic carbocycles. The fraction of sp³-hybridized carbons (Fsp3) is 0.261. The molecule has 2 aromatic carbocycles. The first-order valence-electron chi connectivity index (χ1n) is 10.1. The molecule has 2 heterocycles. The fourth-order valence-electron chi connectivity index (χ4n) is 3.62. The molecule has 8 nitrogen and oxygen atoms in total. The number of nitrogens with one attached hydrogen (secondary N) is 1. The number of methoxy groups -OCH3 is 1. The first-order valence-corrected chi connectivity index (χ1v) is 10.5. The molecule has 166 valence electrons. The Morgan fingerprint density at radius 2 is 2.03 bits per heavy atom. The zero-order valence-electron chi connectivity index (χ0n) is 18.0. The molecule has 1 aliphatic heterocycles. The van der Waals surface area contributed by atoms with Crippen LogP contribution in [0.2, 0.25) is 5.02 Å². The summed E-state index contributed by atoms with van der Waals surface area (Å²) in [5.74, 6) is 1.21. The summed E-state index contributed by atoms with van der Waals surface area (Å²) in [7, 11) is 1.57. The molecule has 0 unspecified atom stereocenters. The molecule has 0 saturated heterocycles. The highest BCUT2D eigenvalue weighted by molar-refractivity contribution is 6.31. The van der Waals surface area contributed by atoms with E-state index < -0.39 is 12.0 Å². The van der Waals surface area contributed by atoms with E-state index in [1.807, 2.05) is 49.4 Å². The van der Waals surface area contributed by atoms with E-state index in [4.69, 9.17) is 25.8 Å². The summed E-state index contributed by atoms with van der Waals surface area (Å²) < 4.78 is 18.5. The molecule has 0 spiro atoms. The van der Waals surface area contributed by atoms with Crippen molar-refractivity contribution in [3.8, 4) is 11.5 Å². The molecule has 0 radical (unpaired) electrons. The standard InChI is InChI=1S/C23H23ClN4O4/c1-4-31-22(29)20-14(2)27-23-25-13-26-28(23)21(20)15-9-10-18(19(11-15)30-3)32-12-16-7-5-6-8-17(16)24/h5-11,13,21H,4,12H2,1-3H3,(H,25,26,27)/t21-/m1/s1. The maximum absolute atomic E-state index is 12.8. The van der Waals surface area contributed by atoms with E-state index in [9.17, 15) is 4.79 Å². The predicted molar refractivity (Wildman–Crippen MR) is 120 cm³/mol. The van der Waals surface area contributed by atoms with Gasteiger partial charge in [0.25, 0.3) is 0 Å². The summed E-state index contributed by atoms with van der Waals surface area (Å²) in [6, 6.07) is 12.5. The molecule has 0 saturated carbocycles. The van der Waals surface area contributed by atoms with Crippen LogP contribution in [-0.4, -0.2) is 34.5 Å². The largest absolute Gasteiger partial charge is 0.493 e. The lowest BCUT2D eigenvalue weighted by Gasteiger charge is -2.28. The van der Waals surface area contributed by atoms with Crippen LogP contribution >= 0.6 is 11.6 Å². The van der Waals surface area contributed by atoms with E-state index in [-0.39, 0.29) is 6.61 Å². The van der Waals surface area contributed by atoms with Gasteiger partial charge in [-0.05, 0) is 37.6 Å². The lowest BCUT2D eigenvalue weighted by Crippen LogP contribution is -2.29. The summed E-state index contributed by atoms with van der Waals surface area (Å²) in [6.07, 6.45) is 1.44. The second-order valence-electron chi connectivity index (χ2n) is 7.11. The van der Waals surface area contributed by atoms with Gasteiger partial charge < -0.3 is 19.5 Å². The van der Waals surface area contributed by atoms with E-state index in [0.717, 1.165) is 11.1 Å². The van der Waals surface area contributed by atoms with Crippen LogP contribution in [0.15, 0.2) is 60.1 Å². The number of halogens is 1. The van der Waals surface area contributed by atoms with Crippen molar-refractivity contribution >= 4 is 23.5 Å². The number of rotatable bonds is 7. The Hall–Kier alpha value is -3.52. The number of benzene rings is 2. The quantitative estimate of drug-likeness (QED) is 0.530. The van der Waals surface area contributed by atoms with Crippen molar-refractivity contribution in [3.05, 3.63) is 76.2 Å². The molecular weight excluding hydrogens is 432 g/mol. The smallest absolute Gasteiger partial charge is 0.338 e. The van der Waals surface area contributed by atoms with Crippen LogP contribution in [0.5, 0.6) is 11.5 Å². The van der Waals surface area contributed by atoms with E-state index in [1.165, 1.54) is 6.33 Å². The van der Waals surface area contributed by atoms with Crippen LogP contribution in [-0.2, 0) is 16.1 Å². The Morgan fingerprint density at radius 3 is 2.78 bits per heavy atom. The lowest BCUT2D eigenvalue weighted by molar-refractivity contribution is -0.139. The Morgan fingerprint density at radius 1 is 1.22 bits per heavy atom. The maximum Gasteiger partial charge on any atom is 0.338 e. The van der Waals surface area contributed by atoms with Gasteiger partial charge in [-0.3, -0.25) is 0 Å². The normalized spacial score (nSPS) is 15.1. The Balaban J connectivity index is 1.69. The molecule has 0 fully saturated rings. The van der Waals surface area contributed by atoms with Gasteiger partial charge in [0, 0.05) is 16.3 Å². The number of hydrogen-bond donors (Lipinski definition) is 1. The van der Waals surface area contributed by atoms with E-state index >= 15 is 0 Å². The van der Waals surface area contributed by atoms with Gasteiger partial charge in [0.2, 0.25) is 5.95 Å². The molecule has 1 aromatic heterocycles. The minimum atomic E-state index is -0.528. The Bertz CT molecular complexity index is 1170. The third kappa shape index (κ3) is 4.13. The average molecular weight is 455 g/mol. The van der Waals surface area contributed by atoms with Gasteiger partial charge in [-0.25, -0.2) is 9.48 Å². The van der Waals surface area contributed by atoms with Crippen molar-refractivity contribution in [2.24, 2.45) is 0 Å². The number of allylic oxidation sites excluding steroid dienone is 1. The number of fused-ring (bicyclic) bond motifs is 1.